The van der Waals surface area contributed by atoms with Crippen molar-refractivity contribution in [2.24, 2.45) is 0 Å². The highest BCUT2D eigenvalue weighted by Gasteiger charge is 2.47. The van der Waals surface area contributed by atoms with E-state index in [1.54, 1.807) is 0 Å². The monoisotopic (exact) mass is 842 g/mol. The summed E-state index contributed by atoms with van der Waals surface area (Å²) >= 11 is 0. The van der Waals surface area contributed by atoms with E-state index in [1.165, 1.54) is 22.3 Å². The molecule has 2 N–H and O–H groups in total. The van der Waals surface area contributed by atoms with Gasteiger partial charge in [-0.25, -0.2) is 0 Å². The Labute approximate surface area is 379 Å². The second-order valence-electron chi connectivity index (χ2n) is 16.6. The molecule has 0 radical (unpaired) electrons. The van der Waals surface area contributed by atoms with Gasteiger partial charge >= 0.3 is 0 Å². The minimum atomic E-state index is -0.859. The lowest BCUT2D eigenvalue weighted by Gasteiger charge is -2.36. The van der Waals surface area contributed by atoms with Crippen LogP contribution in [0.1, 0.15) is 22.3 Å². The molecule has 0 heterocycles. The lowest BCUT2D eigenvalue weighted by atomic mass is 9.66. The number of rotatable bonds is 12. The molecule has 314 valence electrons. The SMILES string of the molecule is OCCOc1c(-c2ccccc2)cc(C2(c3cc(-c4ccccc4)c(OCCO)c(-c4ccc5ccccc5c4)c3)c3ccccc3-c3ccccc32)cc1-c1ccc2ccccc2c1. The highest BCUT2D eigenvalue weighted by Crippen LogP contribution is 2.59. The molecule has 0 amide bonds. The summed E-state index contributed by atoms with van der Waals surface area (Å²) in [6, 6.07) is 77.9. The molecule has 65 heavy (non-hydrogen) atoms. The molecule has 1 aliphatic rings. The van der Waals surface area contributed by atoms with Gasteiger partial charge in [-0.1, -0.05) is 182 Å². The van der Waals surface area contributed by atoms with Gasteiger partial charge in [-0.15, -0.1) is 0 Å². The molecule has 10 aromatic carbocycles. The van der Waals surface area contributed by atoms with E-state index in [2.05, 4.69) is 206 Å². The minimum Gasteiger partial charge on any atom is -0.490 e. The van der Waals surface area contributed by atoms with Crippen molar-refractivity contribution in [2.45, 2.75) is 5.41 Å². The van der Waals surface area contributed by atoms with Crippen molar-refractivity contribution in [3.63, 3.8) is 0 Å². The fourth-order valence-electron chi connectivity index (χ4n) is 10.1. The topological polar surface area (TPSA) is 58.9 Å². The first-order chi connectivity index (χ1) is 32.1. The quantitative estimate of drug-likeness (QED) is 0.129. The Bertz CT molecular complexity index is 3130. The average Bonchev–Trinajstić information content (AvgIpc) is 3.68. The van der Waals surface area contributed by atoms with Crippen LogP contribution in [0.5, 0.6) is 11.5 Å². The summed E-state index contributed by atoms with van der Waals surface area (Å²) in [6.45, 7) is 0.0353. The van der Waals surface area contributed by atoms with Crippen molar-refractivity contribution < 1.29 is 19.7 Å². The molecule has 4 heteroatoms. The molecule has 0 fully saturated rings. The molecule has 11 rings (SSSR count). The third-order valence-corrected chi connectivity index (χ3v) is 13.0. The van der Waals surface area contributed by atoms with Crippen LogP contribution in [-0.2, 0) is 5.41 Å². The van der Waals surface area contributed by atoms with Crippen LogP contribution in [0, 0.1) is 0 Å². The fraction of sp³-hybridized carbons (Fsp3) is 0.0820. The van der Waals surface area contributed by atoms with Gasteiger partial charge in [-0.3, -0.25) is 0 Å². The third kappa shape index (κ3) is 6.95. The van der Waals surface area contributed by atoms with E-state index in [9.17, 15) is 10.2 Å². The van der Waals surface area contributed by atoms with Crippen molar-refractivity contribution in [1.29, 1.82) is 0 Å². The Balaban J connectivity index is 1.31. The average molecular weight is 843 g/mol. The van der Waals surface area contributed by atoms with Crippen LogP contribution in [0.3, 0.4) is 0 Å². The molecule has 0 unspecified atom stereocenters. The van der Waals surface area contributed by atoms with Gasteiger partial charge in [-0.05, 0) is 114 Å². The molecule has 1 aliphatic carbocycles. The summed E-state index contributed by atoms with van der Waals surface area (Å²) in [5.41, 5.74) is 13.7. The van der Waals surface area contributed by atoms with Crippen LogP contribution in [0.25, 0.3) is 77.2 Å². The minimum absolute atomic E-state index is 0.123. The molecule has 0 atom stereocenters. The van der Waals surface area contributed by atoms with Crippen molar-refractivity contribution in [3.8, 4) is 67.1 Å². The zero-order valence-corrected chi connectivity index (χ0v) is 35.8. The third-order valence-electron chi connectivity index (χ3n) is 13.0. The largest absolute Gasteiger partial charge is 0.490 e. The first-order valence-corrected chi connectivity index (χ1v) is 22.3. The predicted octanol–water partition coefficient (Wildman–Crippen LogP) is 13.8. The Morgan fingerprint density at radius 1 is 0.308 bits per heavy atom. The molecule has 0 saturated heterocycles. The van der Waals surface area contributed by atoms with Crippen molar-refractivity contribution in [2.75, 3.05) is 26.4 Å². The fourth-order valence-corrected chi connectivity index (χ4v) is 10.1. The van der Waals surface area contributed by atoms with Gasteiger partial charge < -0.3 is 19.7 Å². The van der Waals surface area contributed by atoms with Crippen LogP contribution >= 0.6 is 0 Å². The smallest absolute Gasteiger partial charge is 0.135 e. The number of benzene rings is 10. The van der Waals surface area contributed by atoms with Gasteiger partial charge in [0.25, 0.3) is 0 Å². The number of hydrogen-bond donors (Lipinski definition) is 2. The lowest BCUT2D eigenvalue weighted by Crippen LogP contribution is -2.29. The first-order valence-electron chi connectivity index (χ1n) is 22.3. The Kier molecular flexibility index (Phi) is 10.5. The molecular formula is C61H46O4. The second-order valence-corrected chi connectivity index (χ2v) is 16.6. The summed E-state index contributed by atoms with van der Waals surface area (Å²) in [6.07, 6.45) is 0. The van der Waals surface area contributed by atoms with Crippen LogP contribution in [0.15, 0.2) is 218 Å². The Morgan fingerprint density at radius 2 is 0.662 bits per heavy atom. The highest BCUT2D eigenvalue weighted by atomic mass is 16.5. The summed E-state index contributed by atoms with van der Waals surface area (Å²) < 4.78 is 13.4. The van der Waals surface area contributed by atoms with Gasteiger partial charge in [0.1, 0.15) is 24.7 Å². The number of fused-ring (bicyclic) bond motifs is 5. The molecule has 10 aromatic rings. The van der Waals surface area contributed by atoms with Crippen molar-refractivity contribution in [3.05, 3.63) is 241 Å². The summed E-state index contributed by atoms with van der Waals surface area (Å²) in [5.74, 6) is 1.43. The lowest BCUT2D eigenvalue weighted by molar-refractivity contribution is 0.202. The van der Waals surface area contributed by atoms with Crippen LogP contribution < -0.4 is 9.47 Å². The second kappa shape index (κ2) is 17.1. The molecule has 0 saturated carbocycles. The zero-order chi connectivity index (χ0) is 43.7. The maximum Gasteiger partial charge on any atom is 0.135 e. The number of hydrogen-bond acceptors (Lipinski definition) is 4. The van der Waals surface area contributed by atoms with Gasteiger partial charge in [0, 0.05) is 22.3 Å². The summed E-state index contributed by atoms with van der Waals surface area (Å²) in [7, 11) is 0. The summed E-state index contributed by atoms with van der Waals surface area (Å²) in [4.78, 5) is 0. The normalized spacial score (nSPS) is 12.5. The molecule has 4 nitrogen and oxygen atoms in total. The molecular weight excluding hydrogens is 797 g/mol. The number of aliphatic hydroxyl groups is 2. The van der Waals surface area contributed by atoms with Crippen LogP contribution in [0.4, 0.5) is 0 Å². The molecule has 0 aromatic heterocycles. The van der Waals surface area contributed by atoms with Crippen molar-refractivity contribution in [1.82, 2.24) is 0 Å². The van der Waals surface area contributed by atoms with E-state index in [1.807, 2.05) is 12.1 Å². The van der Waals surface area contributed by atoms with E-state index in [4.69, 9.17) is 9.47 Å². The van der Waals surface area contributed by atoms with Crippen LogP contribution in [-0.4, -0.2) is 36.6 Å². The molecule has 0 aliphatic heterocycles. The number of ether oxygens (including phenoxy) is 2. The van der Waals surface area contributed by atoms with Gasteiger partial charge in [0.2, 0.25) is 0 Å². The highest BCUT2D eigenvalue weighted by molar-refractivity contribution is 5.96. The van der Waals surface area contributed by atoms with Crippen molar-refractivity contribution >= 4 is 21.5 Å². The van der Waals surface area contributed by atoms with E-state index in [0.29, 0.717) is 11.5 Å². The van der Waals surface area contributed by atoms with Gasteiger partial charge in [0.15, 0.2) is 0 Å². The maximum absolute atomic E-state index is 10.3. The van der Waals surface area contributed by atoms with Gasteiger partial charge in [0.05, 0.1) is 18.6 Å². The summed E-state index contributed by atoms with van der Waals surface area (Å²) in [5, 5.41) is 25.1. The molecule has 0 spiro atoms. The van der Waals surface area contributed by atoms with Crippen LogP contribution in [0.2, 0.25) is 0 Å². The molecule has 0 bridgehead atoms. The standard InChI is InChI=1S/C61H46O4/c62-31-33-64-59-53(43-17-3-1-4-18-43)37-49(39-55(59)47-29-27-41-15-7-9-21-45(41)35-47)61(57-25-13-11-23-51(57)52-24-12-14-26-58(52)61)50-38-54(44-19-5-2-6-20-44)60(65-34-32-63)56(40-50)48-30-28-42-16-8-10-22-46(42)36-48/h1-30,35-40,62-63H,31-34H2. The van der Waals surface area contributed by atoms with Gasteiger partial charge in [-0.2, -0.15) is 0 Å². The first kappa shape index (κ1) is 40.0. The maximum atomic E-state index is 10.3. The number of aliphatic hydroxyl groups excluding tert-OH is 2. The van der Waals surface area contributed by atoms with E-state index in [0.717, 1.165) is 77.2 Å². The van der Waals surface area contributed by atoms with E-state index < -0.39 is 5.41 Å². The zero-order valence-electron chi connectivity index (χ0n) is 35.8. The van der Waals surface area contributed by atoms with E-state index >= 15 is 0 Å². The Hall–Kier alpha value is -7.76. The Morgan fingerprint density at radius 3 is 1.08 bits per heavy atom. The predicted molar refractivity (Wildman–Crippen MR) is 266 cm³/mol. The van der Waals surface area contributed by atoms with E-state index in [-0.39, 0.29) is 26.4 Å².